The van der Waals surface area contributed by atoms with Gasteiger partial charge in [0.05, 0.1) is 6.61 Å². The van der Waals surface area contributed by atoms with Crippen molar-refractivity contribution in [3.63, 3.8) is 0 Å². The van der Waals surface area contributed by atoms with E-state index in [0.717, 1.165) is 25.2 Å². The van der Waals surface area contributed by atoms with Gasteiger partial charge < -0.3 is 4.74 Å². The Hall–Kier alpha value is -0.980. The van der Waals surface area contributed by atoms with Crippen molar-refractivity contribution in [2.24, 2.45) is 10.8 Å². The molecule has 0 unspecified atom stereocenters. The van der Waals surface area contributed by atoms with E-state index in [2.05, 4.69) is 65.8 Å². The van der Waals surface area contributed by atoms with Gasteiger partial charge in [0.2, 0.25) is 0 Å². The highest BCUT2D eigenvalue weighted by atomic mass is 16.5. The second-order valence-electron chi connectivity index (χ2n) is 7.54. The maximum Gasteiger partial charge on any atom is 0.119 e. The molecule has 0 aliphatic carbocycles. The van der Waals surface area contributed by atoms with Crippen LogP contribution in [0, 0.1) is 10.8 Å². The monoisotopic (exact) mass is 248 g/mol. The molecule has 0 fully saturated rings. The molecule has 0 N–H and O–H groups in total. The van der Waals surface area contributed by atoms with Crippen molar-refractivity contribution < 1.29 is 4.74 Å². The van der Waals surface area contributed by atoms with Crippen LogP contribution < -0.4 is 4.74 Å². The maximum absolute atomic E-state index is 5.77. The van der Waals surface area contributed by atoms with Crippen molar-refractivity contribution in [1.29, 1.82) is 0 Å². The van der Waals surface area contributed by atoms with Crippen LogP contribution in [0.3, 0.4) is 0 Å². The Balaban J connectivity index is 2.46. The van der Waals surface area contributed by atoms with Crippen LogP contribution in [0.1, 0.15) is 53.5 Å². The van der Waals surface area contributed by atoms with Crippen molar-refractivity contribution in [3.05, 3.63) is 29.8 Å². The van der Waals surface area contributed by atoms with E-state index in [9.17, 15) is 0 Å². The van der Waals surface area contributed by atoms with Crippen LogP contribution in [0.25, 0.3) is 0 Å². The lowest BCUT2D eigenvalue weighted by Gasteiger charge is -2.19. The fourth-order valence-corrected chi connectivity index (χ4v) is 1.79. The van der Waals surface area contributed by atoms with Gasteiger partial charge in [-0.15, -0.1) is 0 Å². The predicted octanol–water partition coefficient (Wildman–Crippen LogP) is 5.09. The van der Waals surface area contributed by atoms with Crippen molar-refractivity contribution >= 4 is 0 Å². The average Bonchev–Trinajstić information content (AvgIpc) is 2.16. The van der Waals surface area contributed by atoms with Crippen LogP contribution >= 0.6 is 0 Å². The molecule has 1 aromatic carbocycles. The minimum absolute atomic E-state index is 0.339. The lowest BCUT2D eigenvalue weighted by atomic mass is 9.88. The van der Waals surface area contributed by atoms with Gasteiger partial charge in [-0.1, -0.05) is 53.7 Å². The Bertz CT molecular complexity index is 349. The number of benzene rings is 1. The van der Waals surface area contributed by atoms with E-state index in [4.69, 9.17) is 4.74 Å². The van der Waals surface area contributed by atoms with Gasteiger partial charge >= 0.3 is 0 Å². The van der Waals surface area contributed by atoms with Crippen LogP contribution in [0.5, 0.6) is 5.75 Å². The first-order chi connectivity index (χ1) is 8.16. The fourth-order valence-electron chi connectivity index (χ4n) is 1.79. The molecule has 0 amide bonds. The zero-order valence-electron chi connectivity index (χ0n) is 12.8. The molecule has 1 rings (SSSR count). The molecule has 0 aliphatic heterocycles. The largest absolute Gasteiger partial charge is 0.494 e. The molecule has 0 bridgehead atoms. The average molecular weight is 248 g/mol. The second-order valence-corrected chi connectivity index (χ2v) is 7.54. The van der Waals surface area contributed by atoms with Gasteiger partial charge in [-0.2, -0.15) is 0 Å². The van der Waals surface area contributed by atoms with Gasteiger partial charge in [0, 0.05) is 0 Å². The summed E-state index contributed by atoms with van der Waals surface area (Å²) in [6.45, 7) is 14.3. The molecule has 0 atom stereocenters. The fraction of sp³-hybridized carbons (Fsp3) is 0.647. The summed E-state index contributed by atoms with van der Waals surface area (Å²) in [4.78, 5) is 0. The van der Waals surface area contributed by atoms with Crippen LogP contribution in [-0.4, -0.2) is 6.61 Å². The molecule has 18 heavy (non-hydrogen) atoms. The Kier molecular flexibility index (Phi) is 4.84. The van der Waals surface area contributed by atoms with Crippen LogP contribution in [0.4, 0.5) is 0 Å². The van der Waals surface area contributed by atoms with E-state index in [-0.39, 0.29) is 0 Å². The molecule has 0 radical (unpaired) electrons. The zero-order chi connectivity index (χ0) is 13.8. The third kappa shape index (κ3) is 6.68. The predicted molar refractivity (Wildman–Crippen MR) is 79.2 cm³/mol. The van der Waals surface area contributed by atoms with E-state index in [1.54, 1.807) is 0 Å². The molecule has 1 aromatic rings. The number of hydrogen-bond acceptors (Lipinski definition) is 1. The highest BCUT2D eigenvalue weighted by Crippen LogP contribution is 2.23. The zero-order valence-corrected chi connectivity index (χ0v) is 12.8. The lowest BCUT2D eigenvalue weighted by molar-refractivity contribution is 0.243. The maximum atomic E-state index is 5.77. The summed E-state index contributed by atoms with van der Waals surface area (Å²) >= 11 is 0. The molecule has 0 saturated heterocycles. The Morgan fingerprint density at radius 1 is 0.833 bits per heavy atom. The van der Waals surface area contributed by atoms with Crippen molar-refractivity contribution in [2.45, 2.75) is 54.4 Å². The van der Waals surface area contributed by atoms with Crippen molar-refractivity contribution in [1.82, 2.24) is 0 Å². The van der Waals surface area contributed by atoms with Crippen LogP contribution in [-0.2, 0) is 6.42 Å². The summed E-state index contributed by atoms with van der Waals surface area (Å²) < 4.78 is 5.77. The summed E-state index contributed by atoms with van der Waals surface area (Å²) in [5.74, 6) is 0.983. The van der Waals surface area contributed by atoms with Gasteiger partial charge in [0.1, 0.15) is 5.75 Å². The van der Waals surface area contributed by atoms with E-state index >= 15 is 0 Å². The first-order valence-corrected chi connectivity index (χ1v) is 6.87. The summed E-state index contributed by atoms with van der Waals surface area (Å²) in [6.07, 6.45) is 2.19. The summed E-state index contributed by atoms with van der Waals surface area (Å²) in [7, 11) is 0. The van der Waals surface area contributed by atoms with Gasteiger partial charge in [-0.25, -0.2) is 0 Å². The normalized spacial score (nSPS) is 12.6. The number of hydrogen-bond donors (Lipinski definition) is 0. The topological polar surface area (TPSA) is 9.23 Å². The molecule has 102 valence electrons. The molecule has 1 heteroatoms. The first kappa shape index (κ1) is 15.1. The van der Waals surface area contributed by atoms with Crippen molar-refractivity contribution in [2.75, 3.05) is 6.61 Å². The standard InChI is InChI=1S/C17H28O/c1-16(2,3)11-12-18-15-9-7-14(8-10-15)13-17(4,5)6/h7-10H,11-13H2,1-6H3. The molecule has 0 saturated carbocycles. The van der Waals surface area contributed by atoms with E-state index in [1.807, 2.05) is 0 Å². The number of ether oxygens (including phenoxy) is 1. The van der Waals surface area contributed by atoms with Crippen LogP contribution in [0.2, 0.25) is 0 Å². The summed E-state index contributed by atoms with van der Waals surface area (Å²) in [5.41, 5.74) is 2.06. The Morgan fingerprint density at radius 3 is 1.83 bits per heavy atom. The Morgan fingerprint density at radius 2 is 1.39 bits per heavy atom. The van der Waals surface area contributed by atoms with E-state index in [0.29, 0.717) is 10.8 Å². The molecule has 1 nitrogen and oxygen atoms in total. The third-order valence-electron chi connectivity index (χ3n) is 2.78. The minimum Gasteiger partial charge on any atom is -0.494 e. The highest BCUT2D eigenvalue weighted by Gasteiger charge is 2.12. The quantitative estimate of drug-likeness (QED) is 0.721. The first-order valence-electron chi connectivity index (χ1n) is 6.87. The molecule has 0 aromatic heterocycles. The summed E-state index contributed by atoms with van der Waals surface area (Å²) in [5, 5.41) is 0. The van der Waals surface area contributed by atoms with Crippen molar-refractivity contribution in [3.8, 4) is 5.75 Å². The second kappa shape index (κ2) is 5.77. The lowest BCUT2D eigenvalue weighted by Crippen LogP contribution is -2.11. The van der Waals surface area contributed by atoms with Gasteiger partial charge in [-0.3, -0.25) is 0 Å². The third-order valence-corrected chi connectivity index (χ3v) is 2.78. The van der Waals surface area contributed by atoms with E-state index < -0.39 is 0 Å². The summed E-state index contributed by atoms with van der Waals surface area (Å²) in [6, 6.07) is 8.53. The smallest absolute Gasteiger partial charge is 0.119 e. The molecule has 0 heterocycles. The number of rotatable bonds is 4. The van der Waals surface area contributed by atoms with Gasteiger partial charge in [0.15, 0.2) is 0 Å². The molecular formula is C17H28O. The Labute approximate surface area is 113 Å². The van der Waals surface area contributed by atoms with Crippen LogP contribution in [0.15, 0.2) is 24.3 Å². The molecule has 0 aliphatic rings. The van der Waals surface area contributed by atoms with Gasteiger partial charge in [-0.05, 0) is 41.4 Å². The SMILES string of the molecule is CC(C)(C)CCOc1ccc(CC(C)(C)C)cc1. The molecular weight excluding hydrogens is 220 g/mol. The highest BCUT2D eigenvalue weighted by molar-refractivity contribution is 5.27. The van der Waals surface area contributed by atoms with Gasteiger partial charge in [0.25, 0.3) is 0 Å². The minimum atomic E-state index is 0.339. The molecule has 0 spiro atoms. The van der Waals surface area contributed by atoms with E-state index in [1.165, 1.54) is 5.56 Å².